The van der Waals surface area contributed by atoms with E-state index in [1.807, 2.05) is 12.1 Å². The summed E-state index contributed by atoms with van der Waals surface area (Å²) in [4.78, 5) is 14.1. The molecule has 1 aliphatic heterocycles. The van der Waals surface area contributed by atoms with Gasteiger partial charge in [-0.2, -0.15) is 0 Å². The Morgan fingerprint density at radius 2 is 1.71 bits per heavy atom. The third-order valence-electron chi connectivity index (χ3n) is 5.95. The maximum atomic E-state index is 11.5. The average Bonchev–Trinajstić information content (AvgIpc) is 2.99. The Labute approximate surface area is 167 Å². The Kier molecular flexibility index (Phi) is 5.60. The second kappa shape index (κ2) is 8.29. The first-order valence-corrected chi connectivity index (χ1v) is 10.2. The normalized spacial score (nSPS) is 15.2. The molecule has 2 heterocycles. The number of carbonyl (C=O) groups excluding carboxylic acids is 1. The van der Waals surface area contributed by atoms with Gasteiger partial charge in [-0.3, -0.25) is 9.69 Å². The van der Waals surface area contributed by atoms with E-state index in [9.17, 15) is 4.79 Å². The van der Waals surface area contributed by atoms with Crippen LogP contribution in [0.25, 0.3) is 10.9 Å². The minimum atomic E-state index is 0.118. The van der Waals surface area contributed by atoms with E-state index in [1.54, 1.807) is 6.92 Å². The topological polar surface area (TPSA) is 37.3 Å². The van der Waals surface area contributed by atoms with Gasteiger partial charge in [-0.05, 0) is 37.5 Å². The Bertz CT molecular complexity index is 965. The van der Waals surface area contributed by atoms with Crippen molar-refractivity contribution in [1.29, 1.82) is 0 Å². The van der Waals surface area contributed by atoms with Crippen LogP contribution in [0, 0.1) is 6.92 Å². The summed E-state index contributed by atoms with van der Waals surface area (Å²) in [5.41, 5.74) is 6.10. The molecule has 1 aliphatic rings. The van der Waals surface area contributed by atoms with Gasteiger partial charge in [0.25, 0.3) is 0 Å². The molecule has 0 atom stereocenters. The van der Waals surface area contributed by atoms with Gasteiger partial charge in [0, 0.05) is 61.4 Å². The Hall–Kier alpha value is -2.43. The zero-order valence-electron chi connectivity index (χ0n) is 16.9. The molecule has 3 aromatic rings. The second-order valence-electron chi connectivity index (χ2n) is 7.75. The molecule has 4 rings (SSSR count). The highest BCUT2D eigenvalue weighted by atomic mass is 16.1. The largest absolute Gasteiger partial charge is 0.343 e. The zero-order valence-corrected chi connectivity index (χ0v) is 16.9. The highest BCUT2D eigenvalue weighted by molar-refractivity contribution is 5.94. The van der Waals surface area contributed by atoms with Crippen molar-refractivity contribution in [3.63, 3.8) is 0 Å². The van der Waals surface area contributed by atoms with Gasteiger partial charge in [-0.1, -0.05) is 42.5 Å². The van der Waals surface area contributed by atoms with Crippen molar-refractivity contribution in [2.45, 2.75) is 26.8 Å². The van der Waals surface area contributed by atoms with Crippen LogP contribution in [0.2, 0.25) is 0 Å². The second-order valence-corrected chi connectivity index (χ2v) is 7.75. The quantitative estimate of drug-likeness (QED) is 0.668. The number of nitrogens with zero attached hydrogens (tertiary/aromatic N) is 2. The minimum absolute atomic E-state index is 0.118. The van der Waals surface area contributed by atoms with Gasteiger partial charge in [0.15, 0.2) is 5.78 Å². The smallest absolute Gasteiger partial charge is 0.159 e. The number of fused-ring (bicyclic) bond motifs is 1. The number of piperazine rings is 1. The SMILES string of the molecule is CC(=O)c1ccc(Cc2c(C)n(CCN3CCNCC3)c3ccccc23)cc1. The van der Waals surface area contributed by atoms with Crippen LogP contribution in [0.3, 0.4) is 0 Å². The van der Waals surface area contributed by atoms with Crippen molar-refractivity contribution < 1.29 is 4.79 Å². The lowest BCUT2D eigenvalue weighted by atomic mass is 10.0. The number of benzene rings is 2. The van der Waals surface area contributed by atoms with Gasteiger partial charge in [0.1, 0.15) is 0 Å². The number of Topliss-reactive ketones (excluding diaryl/α,β-unsaturated/α-hetero) is 1. The Balaban J connectivity index is 1.61. The van der Waals surface area contributed by atoms with Crippen molar-refractivity contribution in [3.8, 4) is 0 Å². The van der Waals surface area contributed by atoms with Crippen LogP contribution < -0.4 is 5.32 Å². The third kappa shape index (κ3) is 3.89. The number of rotatable bonds is 6. The molecule has 0 aliphatic carbocycles. The van der Waals surface area contributed by atoms with Crippen molar-refractivity contribution in [3.05, 3.63) is 70.9 Å². The average molecular weight is 376 g/mol. The first-order chi connectivity index (χ1) is 13.6. The van der Waals surface area contributed by atoms with Crippen LogP contribution in [-0.4, -0.2) is 48.0 Å². The lowest BCUT2D eigenvalue weighted by molar-refractivity contribution is 0.101. The van der Waals surface area contributed by atoms with Gasteiger partial charge in [-0.25, -0.2) is 0 Å². The molecule has 0 spiro atoms. The summed E-state index contributed by atoms with van der Waals surface area (Å²) in [6.45, 7) is 10.4. The molecule has 0 radical (unpaired) electrons. The maximum Gasteiger partial charge on any atom is 0.159 e. The predicted octanol–water partition coefficient (Wildman–Crippen LogP) is 3.65. The van der Waals surface area contributed by atoms with Gasteiger partial charge < -0.3 is 9.88 Å². The summed E-state index contributed by atoms with van der Waals surface area (Å²) >= 11 is 0. The Morgan fingerprint density at radius 3 is 2.43 bits per heavy atom. The summed E-state index contributed by atoms with van der Waals surface area (Å²) in [7, 11) is 0. The molecule has 1 N–H and O–H groups in total. The molecule has 146 valence electrons. The number of nitrogens with one attached hydrogen (secondary N) is 1. The highest BCUT2D eigenvalue weighted by Crippen LogP contribution is 2.28. The number of hydrogen-bond donors (Lipinski definition) is 1. The molecule has 28 heavy (non-hydrogen) atoms. The van der Waals surface area contributed by atoms with Crippen LogP contribution in [0.5, 0.6) is 0 Å². The van der Waals surface area contributed by atoms with E-state index in [0.717, 1.165) is 51.3 Å². The number of ketones is 1. The van der Waals surface area contributed by atoms with Gasteiger partial charge in [0.05, 0.1) is 0 Å². The predicted molar refractivity (Wildman–Crippen MR) is 115 cm³/mol. The van der Waals surface area contributed by atoms with Crippen LogP contribution in [-0.2, 0) is 13.0 Å². The summed E-state index contributed by atoms with van der Waals surface area (Å²) in [6, 6.07) is 16.8. The van der Waals surface area contributed by atoms with Crippen LogP contribution >= 0.6 is 0 Å². The van der Waals surface area contributed by atoms with E-state index < -0.39 is 0 Å². The molecule has 1 aromatic heterocycles. The fourth-order valence-corrected chi connectivity index (χ4v) is 4.25. The molecule has 0 bridgehead atoms. The first kappa shape index (κ1) is 18.9. The molecule has 4 heteroatoms. The van der Waals surface area contributed by atoms with E-state index in [0.29, 0.717) is 0 Å². The monoisotopic (exact) mass is 375 g/mol. The highest BCUT2D eigenvalue weighted by Gasteiger charge is 2.16. The number of hydrogen-bond acceptors (Lipinski definition) is 3. The van der Waals surface area contributed by atoms with E-state index in [4.69, 9.17) is 0 Å². The van der Waals surface area contributed by atoms with E-state index in [2.05, 4.69) is 58.1 Å². The molecule has 1 fully saturated rings. The molecule has 0 amide bonds. The third-order valence-corrected chi connectivity index (χ3v) is 5.95. The van der Waals surface area contributed by atoms with E-state index in [1.165, 1.54) is 27.7 Å². The van der Waals surface area contributed by atoms with Crippen LogP contribution in [0.15, 0.2) is 48.5 Å². The molecule has 2 aromatic carbocycles. The summed E-state index contributed by atoms with van der Waals surface area (Å²) < 4.78 is 2.48. The lowest BCUT2D eigenvalue weighted by Gasteiger charge is -2.27. The molecule has 0 unspecified atom stereocenters. The standard InChI is InChI=1S/C24H29N3O/c1-18-23(17-20-7-9-21(10-8-20)19(2)28)22-5-3-4-6-24(22)27(18)16-15-26-13-11-25-12-14-26/h3-10,25H,11-17H2,1-2H3. The zero-order chi connectivity index (χ0) is 19.5. The summed E-state index contributed by atoms with van der Waals surface area (Å²) in [5, 5.41) is 4.77. The first-order valence-electron chi connectivity index (χ1n) is 10.2. The number of carbonyl (C=O) groups is 1. The molecule has 4 nitrogen and oxygen atoms in total. The molecular formula is C24H29N3O. The van der Waals surface area contributed by atoms with E-state index in [-0.39, 0.29) is 5.78 Å². The van der Waals surface area contributed by atoms with Gasteiger partial charge >= 0.3 is 0 Å². The molecule has 0 saturated carbocycles. The lowest BCUT2D eigenvalue weighted by Crippen LogP contribution is -2.44. The van der Waals surface area contributed by atoms with Crippen LogP contribution in [0.4, 0.5) is 0 Å². The fourth-order valence-electron chi connectivity index (χ4n) is 4.25. The number of para-hydroxylation sites is 1. The van der Waals surface area contributed by atoms with Crippen molar-refractivity contribution in [2.24, 2.45) is 0 Å². The summed E-state index contributed by atoms with van der Waals surface area (Å²) in [6.07, 6.45) is 0.894. The molecule has 1 saturated heterocycles. The van der Waals surface area contributed by atoms with Crippen molar-refractivity contribution in [1.82, 2.24) is 14.8 Å². The summed E-state index contributed by atoms with van der Waals surface area (Å²) in [5.74, 6) is 0.118. The van der Waals surface area contributed by atoms with Gasteiger partial charge in [-0.15, -0.1) is 0 Å². The van der Waals surface area contributed by atoms with Crippen molar-refractivity contribution in [2.75, 3.05) is 32.7 Å². The number of aromatic nitrogens is 1. The van der Waals surface area contributed by atoms with E-state index >= 15 is 0 Å². The minimum Gasteiger partial charge on any atom is -0.343 e. The fraction of sp³-hybridized carbons (Fsp3) is 0.375. The molecular weight excluding hydrogens is 346 g/mol. The Morgan fingerprint density at radius 1 is 1.00 bits per heavy atom. The van der Waals surface area contributed by atoms with Crippen LogP contribution in [0.1, 0.15) is 34.1 Å². The maximum absolute atomic E-state index is 11.5. The van der Waals surface area contributed by atoms with Crippen molar-refractivity contribution >= 4 is 16.7 Å². The van der Waals surface area contributed by atoms with Gasteiger partial charge in [0.2, 0.25) is 0 Å².